The van der Waals surface area contributed by atoms with Gasteiger partial charge in [0.15, 0.2) is 12.3 Å². The molecule has 17 heteroatoms. The molecule has 1 fully saturated rings. The van der Waals surface area contributed by atoms with Crippen molar-refractivity contribution in [2.24, 2.45) is 0 Å². The average molecular weight is 1210 g/mol. The van der Waals surface area contributed by atoms with E-state index in [4.69, 9.17) is 0 Å². The molecule has 1 saturated heterocycles. The largest absolute Gasteiger partial charge is 0.481 e. The molecule has 3 aliphatic heterocycles. The molecule has 456 valence electrons. The number of carboxylic acid groups (broad SMARTS) is 1. The van der Waals surface area contributed by atoms with E-state index in [1.807, 2.05) is 42.8 Å². The van der Waals surface area contributed by atoms with E-state index in [0.717, 1.165) is 71.9 Å². The number of para-hydroxylation sites is 4. The number of carboxylic acids is 1. The van der Waals surface area contributed by atoms with Gasteiger partial charge in [0, 0.05) is 112 Å². The Bertz CT molecular complexity index is 4000. The Morgan fingerprint density at radius 2 is 1.33 bits per heavy atom. The SMILES string of the molecule is CCCN1/C(=C/C=C2\CCCC(/C=C/C3=[N+](CCC)c4ccccc4C3(C)C)=C2N(C)C(=O)N2CCN(S(=O)(=O)CCC[n+]3c4ccccc4c(C(=O)N(CCCC(=O)O)S(=O)(=O)c4ccc(C)cc4)c4ccccc43)CC2)C(C)(C)c2ccccc21. The number of piperazine rings is 1. The molecular formula is C70H83N7O8S2+2. The molecule has 0 spiro atoms. The van der Waals surface area contributed by atoms with Crippen LogP contribution in [0.2, 0.25) is 0 Å². The van der Waals surface area contributed by atoms with E-state index in [-0.39, 0.29) is 91.6 Å². The minimum atomic E-state index is -4.44. The maximum Gasteiger partial charge on any atom is 0.324 e. The number of sulfonamides is 2. The number of aromatic nitrogens is 1. The van der Waals surface area contributed by atoms with Crippen LogP contribution in [-0.2, 0) is 42.2 Å². The predicted octanol–water partition coefficient (Wildman–Crippen LogP) is 12.2. The Morgan fingerprint density at radius 3 is 1.99 bits per heavy atom. The lowest BCUT2D eigenvalue weighted by molar-refractivity contribution is -0.645. The van der Waals surface area contributed by atoms with Gasteiger partial charge in [-0.3, -0.25) is 14.5 Å². The molecule has 6 aromatic rings. The highest BCUT2D eigenvalue weighted by Crippen LogP contribution is 2.48. The molecule has 3 amide bonds. The number of hydrogen-bond acceptors (Lipinski definition) is 8. The number of rotatable bonds is 20. The molecule has 0 saturated carbocycles. The van der Waals surface area contributed by atoms with Crippen molar-refractivity contribution >= 4 is 76.8 Å². The number of allylic oxidation sites excluding steroid dienone is 7. The van der Waals surface area contributed by atoms with Crippen molar-refractivity contribution in [3.8, 4) is 0 Å². The van der Waals surface area contributed by atoms with Crippen molar-refractivity contribution in [3.63, 3.8) is 0 Å². The number of hydrogen-bond donors (Lipinski definition) is 1. The van der Waals surface area contributed by atoms with Gasteiger partial charge in [0.1, 0.15) is 6.54 Å². The van der Waals surface area contributed by atoms with Crippen LogP contribution >= 0.6 is 0 Å². The minimum absolute atomic E-state index is 0.0913. The quantitative estimate of drug-likeness (QED) is 0.0579. The highest BCUT2D eigenvalue weighted by Gasteiger charge is 2.45. The summed E-state index contributed by atoms with van der Waals surface area (Å²) in [6.07, 6.45) is 13.3. The second-order valence-electron chi connectivity index (χ2n) is 24.4. The van der Waals surface area contributed by atoms with E-state index in [1.54, 1.807) is 46.2 Å². The van der Waals surface area contributed by atoms with E-state index >= 15 is 4.79 Å². The number of fused-ring (bicyclic) bond motifs is 4. The number of carbonyl (C=O) groups excluding carboxylic acids is 2. The summed E-state index contributed by atoms with van der Waals surface area (Å²) in [4.78, 5) is 47.6. The van der Waals surface area contributed by atoms with Crippen molar-refractivity contribution < 1.29 is 45.5 Å². The van der Waals surface area contributed by atoms with Crippen LogP contribution in [0.3, 0.4) is 0 Å². The number of likely N-dealkylation sites (N-methyl/N-ethyl adjacent to an activating group) is 1. The number of amides is 3. The summed E-state index contributed by atoms with van der Waals surface area (Å²) in [7, 11) is -6.38. The number of anilines is 1. The highest BCUT2D eigenvalue weighted by atomic mass is 32.2. The smallest absolute Gasteiger partial charge is 0.324 e. The first-order valence-corrected chi connectivity index (χ1v) is 33.8. The third kappa shape index (κ3) is 12.2. The molecule has 0 bridgehead atoms. The molecule has 0 unspecified atom stereocenters. The van der Waals surface area contributed by atoms with Gasteiger partial charge in [-0.2, -0.15) is 13.4 Å². The van der Waals surface area contributed by atoms with Crippen LogP contribution in [-0.4, -0.2) is 127 Å². The Morgan fingerprint density at radius 1 is 0.701 bits per heavy atom. The van der Waals surface area contributed by atoms with Gasteiger partial charge in [-0.1, -0.05) is 118 Å². The first-order chi connectivity index (χ1) is 41.6. The fraction of sp³-hybridized carbons (Fsp3) is 0.386. The van der Waals surface area contributed by atoms with Gasteiger partial charge in [-0.25, -0.2) is 25.9 Å². The molecule has 0 radical (unpaired) electrons. The number of benzene rings is 5. The van der Waals surface area contributed by atoms with E-state index in [1.165, 1.54) is 50.3 Å². The standard InChI is InChI=1S/C70H82N7O8S2/c1-9-41-75-60-30-17-13-26-56(60)69(4,5)62(75)39-35-51-22-19-23-52(36-40-63-70(6,7)57-27-14-18-31-61(57)76(63)42-10-2)66(51)71(8)68(81)72-45-47-73(48-46-72)86(82,83)49-21-43-74-58-28-15-11-24-54(58)65(55-25-12-16-29-59(55)74)67(80)77(44-20-32-64(78)79)87(84,85)53-37-33-50(3)34-38-53/h11-18,24-31,33-40H,9-10,19-23,32,41-49H2,1-8H3/q+1/p+1. The molecule has 5 aromatic carbocycles. The summed E-state index contributed by atoms with van der Waals surface area (Å²) in [5.74, 6) is -2.08. The topological polar surface area (TPSA) is 163 Å². The summed E-state index contributed by atoms with van der Waals surface area (Å²) >= 11 is 0. The van der Waals surface area contributed by atoms with Gasteiger partial charge in [0.2, 0.25) is 26.7 Å². The third-order valence-electron chi connectivity index (χ3n) is 17.9. The van der Waals surface area contributed by atoms with Gasteiger partial charge in [-0.15, -0.1) is 0 Å². The van der Waals surface area contributed by atoms with Crippen molar-refractivity contribution in [3.05, 3.63) is 190 Å². The maximum atomic E-state index is 15.1. The molecule has 10 rings (SSSR count). The zero-order chi connectivity index (χ0) is 62.0. The number of urea groups is 1. The van der Waals surface area contributed by atoms with Crippen LogP contribution in [0.1, 0.15) is 120 Å². The monoisotopic (exact) mass is 1210 g/mol. The predicted molar refractivity (Wildman–Crippen MR) is 345 cm³/mol. The molecule has 0 atom stereocenters. The van der Waals surface area contributed by atoms with Crippen molar-refractivity contribution in [1.29, 1.82) is 0 Å². The van der Waals surface area contributed by atoms with Crippen LogP contribution in [0.4, 0.5) is 16.2 Å². The normalized spacial score (nSPS) is 17.9. The number of aryl methyl sites for hydroxylation is 2. The Labute approximate surface area is 514 Å². The van der Waals surface area contributed by atoms with Crippen LogP contribution in [0.25, 0.3) is 21.8 Å². The molecule has 1 N–H and O–H groups in total. The Balaban J connectivity index is 0.896. The number of carbonyl (C=O) groups is 3. The van der Waals surface area contributed by atoms with Gasteiger partial charge < -0.3 is 14.9 Å². The first kappa shape index (κ1) is 62.3. The van der Waals surface area contributed by atoms with E-state index in [2.05, 4.69) is 124 Å². The molecule has 1 aliphatic carbocycles. The van der Waals surface area contributed by atoms with Crippen LogP contribution in [0.5, 0.6) is 0 Å². The van der Waals surface area contributed by atoms with Crippen molar-refractivity contribution in [2.75, 3.05) is 63.5 Å². The number of nitrogens with zero attached hydrogens (tertiary/aromatic N) is 7. The van der Waals surface area contributed by atoms with Crippen LogP contribution in [0, 0.1) is 6.92 Å². The summed E-state index contributed by atoms with van der Waals surface area (Å²) in [6, 6.07) is 37.6. The lowest BCUT2D eigenvalue weighted by atomic mass is 9.81. The summed E-state index contributed by atoms with van der Waals surface area (Å²) in [6.45, 7) is 17.8. The lowest BCUT2D eigenvalue weighted by Crippen LogP contribution is -2.53. The average Bonchev–Trinajstić information content (AvgIpc) is 2.13. The Hall–Kier alpha value is -7.73. The second kappa shape index (κ2) is 25.5. The van der Waals surface area contributed by atoms with Gasteiger partial charge in [-0.05, 0) is 106 Å². The highest BCUT2D eigenvalue weighted by molar-refractivity contribution is 7.89. The fourth-order valence-corrected chi connectivity index (χ4v) is 16.4. The lowest BCUT2D eigenvalue weighted by Gasteiger charge is -2.38. The minimum Gasteiger partial charge on any atom is -0.481 e. The zero-order valence-electron chi connectivity index (χ0n) is 51.6. The van der Waals surface area contributed by atoms with Gasteiger partial charge in [0.05, 0.1) is 38.1 Å². The number of pyridine rings is 1. The second-order valence-corrected chi connectivity index (χ2v) is 28.4. The van der Waals surface area contributed by atoms with Crippen molar-refractivity contribution in [2.45, 2.75) is 122 Å². The zero-order valence-corrected chi connectivity index (χ0v) is 53.3. The van der Waals surface area contributed by atoms with E-state index < -0.39 is 31.9 Å². The summed E-state index contributed by atoms with van der Waals surface area (Å²) < 4.78 is 64.1. The molecule has 15 nitrogen and oxygen atoms in total. The van der Waals surface area contributed by atoms with Gasteiger partial charge in [0.25, 0.3) is 15.9 Å². The number of aliphatic carboxylic acids is 1. The fourth-order valence-electron chi connectivity index (χ4n) is 13.5. The van der Waals surface area contributed by atoms with Gasteiger partial charge >= 0.3 is 12.0 Å². The maximum absolute atomic E-state index is 15.1. The molecule has 4 aliphatic rings. The summed E-state index contributed by atoms with van der Waals surface area (Å²) in [5, 5.41) is 10.4. The summed E-state index contributed by atoms with van der Waals surface area (Å²) in [5.41, 5.74) is 12.2. The Kier molecular flexibility index (Phi) is 18.3. The molecular weight excluding hydrogens is 1130 g/mol. The third-order valence-corrected chi connectivity index (χ3v) is 21.7. The van der Waals surface area contributed by atoms with E-state index in [9.17, 15) is 31.5 Å². The molecule has 1 aromatic heterocycles. The first-order valence-electron chi connectivity index (χ1n) is 30.8. The van der Waals surface area contributed by atoms with E-state index in [0.29, 0.717) is 21.8 Å². The molecule has 4 heterocycles. The molecule has 87 heavy (non-hydrogen) atoms. The van der Waals surface area contributed by atoms with Crippen LogP contribution < -0.4 is 9.47 Å². The van der Waals surface area contributed by atoms with Crippen LogP contribution in [0.15, 0.2) is 173 Å². The van der Waals surface area contributed by atoms with Crippen molar-refractivity contribution in [1.82, 2.24) is 18.4 Å².